The molecule has 0 aliphatic heterocycles. The highest BCUT2D eigenvalue weighted by atomic mass is 35.5. The van der Waals surface area contributed by atoms with Crippen molar-refractivity contribution in [1.82, 2.24) is 15.0 Å². The van der Waals surface area contributed by atoms with Crippen LogP contribution >= 0.6 is 23.4 Å². The van der Waals surface area contributed by atoms with E-state index in [1.165, 1.54) is 24.0 Å². The number of aromatic nitrogens is 3. The van der Waals surface area contributed by atoms with Crippen LogP contribution in [0, 0.1) is 5.82 Å². The molecule has 0 saturated carbocycles. The molecule has 8 heteroatoms. The van der Waals surface area contributed by atoms with E-state index in [9.17, 15) is 9.18 Å². The van der Waals surface area contributed by atoms with Gasteiger partial charge in [-0.25, -0.2) is 9.37 Å². The van der Waals surface area contributed by atoms with Crippen molar-refractivity contribution in [2.75, 3.05) is 5.32 Å². The molecule has 1 N–H and O–H groups in total. The zero-order chi connectivity index (χ0) is 17.6. The Morgan fingerprint density at radius 1 is 1.16 bits per heavy atom. The summed E-state index contributed by atoms with van der Waals surface area (Å²) < 4.78 is 14.2. The van der Waals surface area contributed by atoms with Gasteiger partial charge in [-0.2, -0.15) is 0 Å². The summed E-state index contributed by atoms with van der Waals surface area (Å²) in [5.41, 5.74) is 1.45. The van der Waals surface area contributed by atoms with Crippen LogP contribution in [0.25, 0.3) is 0 Å². The number of carbonyl (C=O) groups excluding carboxylic acids is 1. The fourth-order valence-corrected chi connectivity index (χ4v) is 2.89. The maximum Gasteiger partial charge on any atom is 0.255 e. The maximum atomic E-state index is 14.2. The van der Waals surface area contributed by atoms with E-state index in [0.29, 0.717) is 21.5 Å². The minimum atomic E-state index is -0.462. The highest BCUT2D eigenvalue weighted by Crippen LogP contribution is 2.25. The molecule has 3 aromatic rings. The Labute approximate surface area is 152 Å². The summed E-state index contributed by atoms with van der Waals surface area (Å²) in [6, 6.07) is 7.53. The lowest BCUT2D eigenvalue weighted by molar-refractivity contribution is 0.102. The summed E-state index contributed by atoms with van der Waals surface area (Å²) in [5, 5.41) is 2.97. The first-order valence-electron chi connectivity index (χ1n) is 7.22. The molecular formula is C17H12ClFN4OS. The lowest BCUT2D eigenvalue weighted by Crippen LogP contribution is -2.12. The van der Waals surface area contributed by atoms with Crippen LogP contribution < -0.4 is 5.32 Å². The first-order valence-corrected chi connectivity index (χ1v) is 8.58. The average molecular weight is 375 g/mol. The normalized spacial score (nSPS) is 10.5. The van der Waals surface area contributed by atoms with Crippen molar-refractivity contribution in [3.8, 4) is 0 Å². The van der Waals surface area contributed by atoms with Gasteiger partial charge in [0.15, 0.2) is 0 Å². The molecule has 0 atom stereocenters. The molecule has 1 amide bonds. The van der Waals surface area contributed by atoms with Crippen LogP contribution in [0.3, 0.4) is 0 Å². The Bertz CT molecular complexity index is 878. The number of thioether (sulfide) groups is 1. The van der Waals surface area contributed by atoms with Crippen LogP contribution in [0.4, 0.5) is 10.1 Å². The molecule has 1 aromatic carbocycles. The molecule has 2 heterocycles. The molecule has 0 radical (unpaired) electrons. The first-order chi connectivity index (χ1) is 12.1. The van der Waals surface area contributed by atoms with E-state index in [0.717, 1.165) is 5.69 Å². The molecule has 126 valence electrons. The van der Waals surface area contributed by atoms with Crippen molar-refractivity contribution in [2.24, 2.45) is 0 Å². The minimum Gasteiger partial charge on any atom is -0.321 e. The van der Waals surface area contributed by atoms with Crippen LogP contribution in [0.2, 0.25) is 5.15 Å². The van der Waals surface area contributed by atoms with Crippen molar-refractivity contribution in [3.05, 3.63) is 77.3 Å². The fraction of sp³-hybridized carbons (Fsp3) is 0.0588. The summed E-state index contributed by atoms with van der Waals surface area (Å²) in [5.74, 6) is -0.392. The van der Waals surface area contributed by atoms with E-state index in [2.05, 4.69) is 20.3 Å². The van der Waals surface area contributed by atoms with Gasteiger partial charge in [0.1, 0.15) is 11.0 Å². The van der Waals surface area contributed by atoms with Crippen LogP contribution in [0.1, 0.15) is 16.1 Å². The third-order valence-corrected chi connectivity index (χ3v) is 4.48. The number of pyridine rings is 1. The van der Waals surface area contributed by atoms with Crippen LogP contribution in [-0.2, 0) is 5.75 Å². The second kappa shape index (κ2) is 8.04. The molecule has 0 fully saturated rings. The van der Waals surface area contributed by atoms with E-state index in [4.69, 9.17) is 11.6 Å². The second-order valence-electron chi connectivity index (χ2n) is 4.95. The van der Waals surface area contributed by atoms with Gasteiger partial charge in [0.2, 0.25) is 0 Å². The van der Waals surface area contributed by atoms with Gasteiger partial charge in [-0.1, -0.05) is 11.6 Å². The molecule has 0 unspecified atom stereocenters. The Kier molecular flexibility index (Phi) is 5.57. The van der Waals surface area contributed by atoms with E-state index in [1.807, 2.05) is 0 Å². The predicted octanol–water partition coefficient (Wildman–Crippen LogP) is 4.21. The molecule has 2 aromatic heterocycles. The number of nitrogens with one attached hydrogen (secondary N) is 1. The van der Waals surface area contributed by atoms with Crippen LogP contribution in [-0.4, -0.2) is 20.9 Å². The first kappa shape index (κ1) is 17.3. The van der Waals surface area contributed by atoms with Crippen molar-refractivity contribution in [3.63, 3.8) is 0 Å². The van der Waals surface area contributed by atoms with E-state index < -0.39 is 11.7 Å². The van der Waals surface area contributed by atoms with Gasteiger partial charge in [-0.15, -0.1) is 11.8 Å². The quantitative estimate of drug-likeness (QED) is 0.535. The number of anilines is 1. The standard InChI is InChI=1S/C17H12ClFN4OS/c18-16-4-2-12(9-22-16)23-17(24)11-1-3-15(14(19)7-11)25-10-13-8-20-5-6-21-13/h1-9H,10H2,(H,23,24). The molecule has 0 bridgehead atoms. The maximum absolute atomic E-state index is 14.2. The highest BCUT2D eigenvalue weighted by molar-refractivity contribution is 7.98. The van der Waals surface area contributed by atoms with Crippen LogP contribution in [0.5, 0.6) is 0 Å². The zero-order valence-electron chi connectivity index (χ0n) is 12.8. The number of hydrogen-bond donors (Lipinski definition) is 1. The number of amides is 1. The third-order valence-electron chi connectivity index (χ3n) is 3.17. The minimum absolute atomic E-state index is 0.219. The molecule has 0 aliphatic rings. The van der Waals surface area contributed by atoms with Gasteiger partial charge in [-0.05, 0) is 30.3 Å². The van der Waals surface area contributed by atoms with Gasteiger partial charge in [-0.3, -0.25) is 14.8 Å². The lowest BCUT2D eigenvalue weighted by atomic mass is 10.2. The van der Waals surface area contributed by atoms with E-state index in [1.54, 1.807) is 42.9 Å². The molecule has 0 spiro atoms. The highest BCUT2D eigenvalue weighted by Gasteiger charge is 2.11. The lowest BCUT2D eigenvalue weighted by Gasteiger charge is -2.07. The molecule has 25 heavy (non-hydrogen) atoms. The summed E-state index contributed by atoms with van der Waals surface area (Å²) in [6.07, 6.45) is 6.23. The molecule has 5 nitrogen and oxygen atoms in total. The molecular weight excluding hydrogens is 363 g/mol. The SMILES string of the molecule is O=C(Nc1ccc(Cl)nc1)c1ccc(SCc2cnccn2)c(F)c1. The summed E-state index contributed by atoms with van der Waals surface area (Å²) >= 11 is 6.99. The van der Waals surface area contributed by atoms with Gasteiger partial charge < -0.3 is 5.32 Å². The molecule has 3 rings (SSSR count). The Balaban J connectivity index is 1.66. The largest absolute Gasteiger partial charge is 0.321 e. The van der Waals surface area contributed by atoms with Crippen molar-refractivity contribution < 1.29 is 9.18 Å². The van der Waals surface area contributed by atoms with Gasteiger partial charge in [0.25, 0.3) is 5.91 Å². The number of rotatable bonds is 5. The second-order valence-corrected chi connectivity index (χ2v) is 6.36. The van der Waals surface area contributed by atoms with E-state index >= 15 is 0 Å². The number of benzene rings is 1. The predicted molar refractivity (Wildman–Crippen MR) is 95.2 cm³/mol. The van der Waals surface area contributed by atoms with E-state index in [-0.39, 0.29) is 5.56 Å². The molecule has 0 aliphatic carbocycles. The zero-order valence-corrected chi connectivity index (χ0v) is 14.4. The smallest absolute Gasteiger partial charge is 0.255 e. The Morgan fingerprint density at radius 3 is 2.72 bits per heavy atom. The number of carbonyl (C=O) groups is 1. The Morgan fingerprint density at radius 2 is 2.04 bits per heavy atom. The third kappa shape index (κ3) is 4.74. The van der Waals surface area contributed by atoms with Crippen LogP contribution in [0.15, 0.2) is 60.0 Å². The monoisotopic (exact) mass is 374 g/mol. The average Bonchev–Trinajstić information content (AvgIpc) is 2.63. The molecule has 0 saturated heterocycles. The summed E-state index contributed by atoms with van der Waals surface area (Å²) in [6.45, 7) is 0. The van der Waals surface area contributed by atoms with Gasteiger partial charge in [0.05, 0.1) is 17.6 Å². The van der Waals surface area contributed by atoms with Crippen molar-refractivity contribution >= 4 is 35.0 Å². The van der Waals surface area contributed by atoms with Gasteiger partial charge in [0, 0.05) is 34.8 Å². The number of halogens is 2. The van der Waals surface area contributed by atoms with Crippen molar-refractivity contribution in [1.29, 1.82) is 0 Å². The van der Waals surface area contributed by atoms with Crippen molar-refractivity contribution in [2.45, 2.75) is 10.6 Å². The van der Waals surface area contributed by atoms with Gasteiger partial charge >= 0.3 is 0 Å². The number of nitrogens with zero attached hydrogens (tertiary/aromatic N) is 3. The topological polar surface area (TPSA) is 67.8 Å². The Hall–Kier alpha value is -2.51. The summed E-state index contributed by atoms with van der Waals surface area (Å²) in [7, 11) is 0. The number of hydrogen-bond acceptors (Lipinski definition) is 5. The fourth-order valence-electron chi connectivity index (χ4n) is 1.97. The summed E-state index contributed by atoms with van der Waals surface area (Å²) in [4.78, 5) is 24.6.